The lowest BCUT2D eigenvalue weighted by molar-refractivity contribution is 0.0696. The van der Waals surface area contributed by atoms with Gasteiger partial charge in [0, 0.05) is 13.2 Å². The lowest BCUT2D eigenvalue weighted by Gasteiger charge is -2.18. The molecule has 1 aromatic carbocycles. The second kappa shape index (κ2) is 7.02. The highest BCUT2D eigenvalue weighted by Crippen LogP contribution is 2.21. The number of benzene rings is 1. The maximum Gasteiger partial charge on any atom is 0.335 e. The number of sulfonamides is 1. The topological polar surface area (TPSA) is 92.7 Å². The number of ether oxygens (including phenoxy) is 1. The third kappa shape index (κ3) is 4.26. The molecule has 118 valence electrons. The number of hydrogen-bond acceptors (Lipinski definition) is 4. The molecule has 0 aromatic heterocycles. The highest BCUT2D eigenvalue weighted by molar-refractivity contribution is 7.89. The van der Waals surface area contributed by atoms with Crippen molar-refractivity contribution in [3.05, 3.63) is 28.8 Å². The van der Waals surface area contributed by atoms with Gasteiger partial charge in [-0.15, -0.1) is 0 Å². The minimum Gasteiger partial charge on any atom is -0.478 e. The average Bonchev–Trinajstić information content (AvgIpc) is 2.37. The van der Waals surface area contributed by atoms with Gasteiger partial charge in [0.05, 0.1) is 17.1 Å². The van der Waals surface area contributed by atoms with Gasteiger partial charge in [-0.2, -0.15) is 0 Å². The molecule has 1 rings (SSSR count). The number of carboxylic acid groups (broad SMARTS) is 1. The van der Waals surface area contributed by atoms with Gasteiger partial charge in [0.2, 0.25) is 10.0 Å². The molecule has 1 aromatic rings. The van der Waals surface area contributed by atoms with Crippen molar-refractivity contribution in [1.82, 2.24) is 4.72 Å². The van der Waals surface area contributed by atoms with Gasteiger partial charge in [0.15, 0.2) is 0 Å². The summed E-state index contributed by atoms with van der Waals surface area (Å²) in [4.78, 5) is 11.1. The molecule has 0 aliphatic carbocycles. The van der Waals surface area contributed by atoms with E-state index in [9.17, 15) is 13.2 Å². The summed E-state index contributed by atoms with van der Waals surface area (Å²) in [5, 5.41) is 9.12. The van der Waals surface area contributed by atoms with Crippen LogP contribution in [0.1, 0.15) is 34.8 Å². The SMILES string of the molecule is CCC(COC)NS(=O)(=O)c1cc(C(=O)O)c(C)cc1C. The lowest BCUT2D eigenvalue weighted by atomic mass is 10.1. The van der Waals surface area contributed by atoms with Crippen LogP contribution >= 0.6 is 0 Å². The summed E-state index contributed by atoms with van der Waals surface area (Å²) in [7, 11) is -2.29. The van der Waals surface area contributed by atoms with E-state index in [1.165, 1.54) is 13.2 Å². The van der Waals surface area contributed by atoms with Crippen molar-refractivity contribution in [2.75, 3.05) is 13.7 Å². The summed E-state index contributed by atoms with van der Waals surface area (Å²) in [5.74, 6) is -1.15. The molecule has 0 spiro atoms. The van der Waals surface area contributed by atoms with Crippen molar-refractivity contribution in [2.24, 2.45) is 0 Å². The number of hydrogen-bond donors (Lipinski definition) is 2. The normalized spacial score (nSPS) is 13.1. The van der Waals surface area contributed by atoms with E-state index in [1.54, 1.807) is 19.9 Å². The van der Waals surface area contributed by atoms with E-state index >= 15 is 0 Å². The zero-order valence-electron chi connectivity index (χ0n) is 12.6. The van der Waals surface area contributed by atoms with Crippen LogP contribution in [0.4, 0.5) is 0 Å². The summed E-state index contributed by atoms with van der Waals surface area (Å²) < 4.78 is 32.4. The molecular formula is C14H21NO5S. The van der Waals surface area contributed by atoms with Gasteiger partial charge in [-0.3, -0.25) is 0 Å². The van der Waals surface area contributed by atoms with Gasteiger partial charge in [-0.25, -0.2) is 17.9 Å². The standard InChI is InChI=1S/C14H21NO5S/c1-5-11(8-20-4)15-21(18,19)13-7-12(14(16)17)9(2)6-10(13)3/h6-7,11,15H,5,8H2,1-4H3,(H,16,17). The van der Waals surface area contributed by atoms with Crippen LogP contribution in [0.5, 0.6) is 0 Å². The third-order valence-electron chi connectivity index (χ3n) is 3.22. The van der Waals surface area contributed by atoms with Crippen molar-refractivity contribution < 1.29 is 23.1 Å². The van der Waals surface area contributed by atoms with Gasteiger partial charge >= 0.3 is 5.97 Å². The predicted octanol–water partition coefficient (Wildman–Crippen LogP) is 1.70. The quantitative estimate of drug-likeness (QED) is 0.799. The molecular weight excluding hydrogens is 294 g/mol. The Morgan fingerprint density at radius 2 is 1.95 bits per heavy atom. The van der Waals surface area contributed by atoms with Crippen LogP contribution in [-0.4, -0.2) is 39.3 Å². The van der Waals surface area contributed by atoms with Crippen LogP contribution < -0.4 is 4.72 Å². The Kier molecular flexibility index (Phi) is 5.88. The molecule has 0 bridgehead atoms. The molecule has 6 nitrogen and oxygen atoms in total. The zero-order chi connectivity index (χ0) is 16.2. The summed E-state index contributed by atoms with van der Waals surface area (Å²) in [6, 6.07) is 2.42. The first-order chi connectivity index (χ1) is 9.72. The van der Waals surface area contributed by atoms with Crippen molar-refractivity contribution in [2.45, 2.75) is 38.1 Å². The fraction of sp³-hybridized carbons (Fsp3) is 0.500. The van der Waals surface area contributed by atoms with Crippen molar-refractivity contribution in [1.29, 1.82) is 0 Å². The van der Waals surface area contributed by atoms with Crippen LogP contribution in [0.2, 0.25) is 0 Å². The summed E-state index contributed by atoms with van der Waals surface area (Å²) in [6.45, 7) is 5.38. The van der Waals surface area contributed by atoms with E-state index in [-0.39, 0.29) is 23.1 Å². The molecule has 0 radical (unpaired) electrons. The largest absolute Gasteiger partial charge is 0.478 e. The third-order valence-corrected chi connectivity index (χ3v) is 4.89. The number of nitrogens with one attached hydrogen (secondary N) is 1. The second-order valence-corrected chi connectivity index (χ2v) is 6.60. The second-order valence-electron chi connectivity index (χ2n) is 4.92. The minimum atomic E-state index is -3.79. The Balaban J connectivity index is 3.25. The number of aryl methyl sites for hydroxylation is 2. The Bertz CT molecular complexity index is 624. The first kappa shape index (κ1) is 17.6. The Morgan fingerprint density at radius 1 is 1.33 bits per heavy atom. The number of rotatable bonds is 7. The molecule has 7 heteroatoms. The van der Waals surface area contributed by atoms with Gasteiger partial charge in [-0.1, -0.05) is 13.0 Å². The average molecular weight is 315 g/mol. The fourth-order valence-corrected chi connectivity index (χ4v) is 3.63. The summed E-state index contributed by atoms with van der Waals surface area (Å²) >= 11 is 0. The molecule has 21 heavy (non-hydrogen) atoms. The number of aromatic carboxylic acids is 1. The minimum absolute atomic E-state index is 0.0132. The van der Waals surface area contributed by atoms with Crippen LogP contribution in [0.15, 0.2) is 17.0 Å². The Morgan fingerprint density at radius 3 is 2.43 bits per heavy atom. The molecule has 0 aliphatic heterocycles. The van der Waals surface area contributed by atoms with E-state index in [0.717, 1.165) is 0 Å². The lowest BCUT2D eigenvalue weighted by Crippen LogP contribution is -2.37. The van der Waals surface area contributed by atoms with Crippen molar-refractivity contribution in [3.63, 3.8) is 0 Å². The monoisotopic (exact) mass is 315 g/mol. The number of carbonyl (C=O) groups is 1. The molecule has 0 saturated heterocycles. The number of carboxylic acids is 1. The molecule has 0 saturated carbocycles. The van der Waals surface area contributed by atoms with E-state index in [2.05, 4.69) is 4.72 Å². The van der Waals surface area contributed by atoms with Gasteiger partial charge in [0.1, 0.15) is 0 Å². The van der Waals surface area contributed by atoms with Crippen LogP contribution in [0, 0.1) is 13.8 Å². The van der Waals surface area contributed by atoms with E-state index in [1.807, 2.05) is 6.92 Å². The molecule has 0 fully saturated rings. The molecule has 0 amide bonds. The predicted molar refractivity (Wildman–Crippen MR) is 79.2 cm³/mol. The van der Waals surface area contributed by atoms with Crippen LogP contribution in [-0.2, 0) is 14.8 Å². The Hall–Kier alpha value is -1.44. The van der Waals surface area contributed by atoms with Crippen molar-refractivity contribution in [3.8, 4) is 0 Å². The van der Waals surface area contributed by atoms with E-state index < -0.39 is 16.0 Å². The maximum atomic E-state index is 12.4. The molecule has 0 aliphatic rings. The summed E-state index contributed by atoms with van der Waals surface area (Å²) in [6.07, 6.45) is 0.573. The van der Waals surface area contributed by atoms with Crippen LogP contribution in [0.25, 0.3) is 0 Å². The molecule has 1 atom stereocenters. The van der Waals surface area contributed by atoms with Crippen LogP contribution in [0.3, 0.4) is 0 Å². The molecule has 1 unspecified atom stereocenters. The molecule has 0 heterocycles. The van der Waals surface area contributed by atoms with Crippen molar-refractivity contribution >= 4 is 16.0 Å². The van der Waals surface area contributed by atoms with E-state index in [0.29, 0.717) is 17.5 Å². The smallest absolute Gasteiger partial charge is 0.335 e. The van der Waals surface area contributed by atoms with Gasteiger partial charge < -0.3 is 9.84 Å². The number of methoxy groups -OCH3 is 1. The maximum absolute atomic E-state index is 12.4. The summed E-state index contributed by atoms with van der Waals surface area (Å²) in [5.41, 5.74) is 1.03. The Labute approximate surface area is 125 Å². The highest BCUT2D eigenvalue weighted by Gasteiger charge is 2.23. The highest BCUT2D eigenvalue weighted by atomic mass is 32.2. The first-order valence-corrected chi connectivity index (χ1v) is 8.07. The first-order valence-electron chi connectivity index (χ1n) is 6.58. The van der Waals surface area contributed by atoms with Gasteiger partial charge in [0.25, 0.3) is 0 Å². The fourth-order valence-electron chi connectivity index (χ4n) is 2.07. The zero-order valence-corrected chi connectivity index (χ0v) is 13.5. The van der Waals surface area contributed by atoms with E-state index in [4.69, 9.17) is 9.84 Å². The molecule has 2 N–H and O–H groups in total. The van der Waals surface area contributed by atoms with Gasteiger partial charge in [-0.05, 0) is 37.5 Å².